The minimum atomic E-state index is -0.846. The van der Waals surface area contributed by atoms with Crippen molar-refractivity contribution in [3.8, 4) is 0 Å². The number of esters is 1. The average molecular weight is 455 g/mol. The van der Waals surface area contributed by atoms with Gasteiger partial charge in [0, 0.05) is 0 Å². The summed E-state index contributed by atoms with van der Waals surface area (Å²) in [7, 11) is 0. The average Bonchev–Trinajstić information content (AvgIpc) is 2.83. The maximum Gasteiger partial charge on any atom is 0.408 e. The minimum absolute atomic E-state index is 0.0992. The molecule has 0 fully saturated rings. The number of carbonyl (C=O) groups excluding carboxylic acids is 3. The minimum Gasteiger partial charge on any atom is -0.459 e. The molecule has 0 spiro atoms. The van der Waals surface area contributed by atoms with E-state index in [-0.39, 0.29) is 25.0 Å². The van der Waals surface area contributed by atoms with Crippen molar-refractivity contribution < 1.29 is 23.9 Å². The molecule has 0 heterocycles. The molecule has 7 heteroatoms. The summed E-state index contributed by atoms with van der Waals surface area (Å²) in [5.41, 5.74) is 1.71. The molecule has 0 aromatic heterocycles. The molecule has 0 aliphatic heterocycles. The number of benzene rings is 2. The van der Waals surface area contributed by atoms with E-state index in [1.807, 2.05) is 88.4 Å². The Labute approximate surface area is 195 Å². The number of carbonyl (C=O) groups is 3. The first-order valence-electron chi connectivity index (χ1n) is 11.3. The summed E-state index contributed by atoms with van der Waals surface area (Å²) in [6, 6.07) is 16.9. The molecule has 0 saturated carbocycles. The van der Waals surface area contributed by atoms with Gasteiger partial charge in [-0.25, -0.2) is 9.59 Å². The first-order chi connectivity index (χ1) is 15.8. The van der Waals surface area contributed by atoms with Crippen LogP contribution in [0.3, 0.4) is 0 Å². The molecule has 0 aliphatic carbocycles. The maximum atomic E-state index is 13.1. The molecule has 2 aromatic carbocycles. The fourth-order valence-corrected chi connectivity index (χ4v) is 3.15. The van der Waals surface area contributed by atoms with Crippen molar-refractivity contribution in [2.75, 3.05) is 0 Å². The molecule has 0 saturated heterocycles. The molecule has 2 N–H and O–H groups in total. The van der Waals surface area contributed by atoms with Gasteiger partial charge in [0.2, 0.25) is 5.91 Å². The molecule has 0 aliphatic rings. The Balaban J connectivity index is 1.98. The SMILES string of the molecule is CC[C@H](C)[C@@H](NC(=O)OCc1ccccc1)C(=O)N[C@H](C(=O)OCc1ccccc1)C(C)C. The van der Waals surface area contributed by atoms with Crippen LogP contribution >= 0.6 is 0 Å². The summed E-state index contributed by atoms with van der Waals surface area (Å²) in [5, 5.41) is 5.42. The molecule has 0 unspecified atom stereocenters. The number of rotatable bonds is 11. The Bertz CT molecular complexity index is 886. The molecule has 2 rings (SSSR count). The van der Waals surface area contributed by atoms with Crippen molar-refractivity contribution in [1.82, 2.24) is 10.6 Å². The van der Waals surface area contributed by atoms with Crippen LogP contribution in [-0.2, 0) is 32.3 Å². The van der Waals surface area contributed by atoms with Gasteiger partial charge >= 0.3 is 12.1 Å². The molecule has 33 heavy (non-hydrogen) atoms. The highest BCUT2D eigenvalue weighted by atomic mass is 16.5. The topological polar surface area (TPSA) is 93.7 Å². The molecule has 3 atom stereocenters. The third kappa shape index (κ3) is 8.60. The quantitative estimate of drug-likeness (QED) is 0.496. The van der Waals surface area contributed by atoms with Gasteiger partial charge in [0.1, 0.15) is 25.3 Å². The van der Waals surface area contributed by atoms with E-state index in [4.69, 9.17) is 9.47 Å². The highest BCUT2D eigenvalue weighted by Crippen LogP contribution is 2.12. The number of hydrogen-bond donors (Lipinski definition) is 2. The zero-order chi connectivity index (χ0) is 24.2. The Hall–Kier alpha value is -3.35. The van der Waals surface area contributed by atoms with E-state index in [0.717, 1.165) is 11.1 Å². The van der Waals surface area contributed by atoms with Crippen LogP contribution < -0.4 is 10.6 Å². The van der Waals surface area contributed by atoms with Gasteiger partial charge in [-0.2, -0.15) is 0 Å². The summed E-state index contributed by atoms with van der Waals surface area (Å²) >= 11 is 0. The monoisotopic (exact) mass is 454 g/mol. The summed E-state index contributed by atoms with van der Waals surface area (Å²) in [6.45, 7) is 7.67. The van der Waals surface area contributed by atoms with Gasteiger partial charge in [0.25, 0.3) is 0 Å². The van der Waals surface area contributed by atoms with Gasteiger partial charge in [0.15, 0.2) is 0 Å². The number of nitrogens with one attached hydrogen (secondary N) is 2. The molecule has 178 valence electrons. The molecule has 0 radical (unpaired) electrons. The summed E-state index contributed by atoms with van der Waals surface area (Å²) in [6.07, 6.45) is -0.0333. The second kappa shape index (κ2) is 13.3. The number of hydrogen-bond acceptors (Lipinski definition) is 5. The van der Waals surface area contributed by atoms with E-state index in [1.165, 1.54) is 0 Å². The van der Waals surface area contributed by atoms with Crippen molar-refractivity contribution in [3.63, 3.8) is 0 Å². The van der Waals surface area contributed by atoms with Gasteiger partial charge < -0.3 is 20.1 Å². The second-order valence-electron chi connectivity index (χ2n) is 8.39. The highest BCUT2D eigenvalue weighted by molar-refractivity contribution is 5.90. The van der Waals surface area contributed by atoms with Crippen LogP contribution in [0.15, 0.2) is 60.7 Å². The lowest BCUT2D eigenvalue weighted by Crippen LogP contribution is -2.55. The van der Waals surface area contributed by atoms with E-state index in [0.29, 0.717) is 6.42 Å². The third-order valence-corrected chi connectivity index (χ3v) is 5.42. The Morgan fingerprint density at radius 3 is 1.76 bits per heavy atom. The molecule has 2 amide bonds. The molecular formula is C26H34N2O5. The zero-order valence-corrected chi connectivity index (χ0v) is 19.7. The van der Waals surface area contributed by atoms with Crippen LogP contribution in [0.2, 0.25) is 0 Å². The third-order valence-electron chi connectivity index (χ3n) is 5.42. The summed E-state index contributed by atoms with van der Waals surface area (Å²) in [4.78, 5) is 38.1. The molecule has 0 bridgehead atoms. The van der Waals surface area contributed by atoms with E-state index in [1.54, 1.807) is 0 Å². The van der Waals surface area contributed by atoms with E-state index >= 15 is 0 Å². The Morgan fingerprint density at radius 2 is 1.27 bits per heavy atom. The van der Waals surface area contributed by atoms with Gasteiger partial charge in [-0.05, 0) is 23.0 Å². The van der Waals surface area contributed by atoms with Crippen LogP contribution in [-0.4, -0.2) is 30.1 Å². The molecule has 2 aromatic rings. The second-order valence-corrected chi connectivity index (χ2v) is 8.39. The van der Waals surface area contributed by atoms with E-state index < -0.39 is 30.1 Å². The number of alkyl carbamates (subject to hydrolysis) is 1. The van der Waals surface area contributed by atoms with Gasteiger partial charge in [-0.3, -0.25) is 4.79 Å². The summed E-state index contributed by atoms with van der Waals surface area (Å²) < 4.78 is 10.7. The lowest BCUT2D eigenvalue weighted by molar-refractivity contribution is -0.150. The van der Waals surface area contributed by atoms with Crippen LogP contribution in [0.1, 0.15) is 45.2 Å². The number of amides is 2. The van der Waals surface area contributed by atoms with Gasteiger partial charge in [0.05, 0.1) is 0 Å². The first kappa shape index (κ1) is 25.9. The van der Waals surface area contributed by atoms with Crippen molar-refractivity contribution >= 4 is 18.0 Å². The maximum absolute atomic E-state index is 13.1. The number of ether oxygens (including phenoxy) is 2. The largest absolute Gasteiger partial charge is 0.459 e. The first-order valence-corrected chi connectivity index (χ1v) is 11.3. The zero-order valence-electron chi connectivity index (χ0n) is 19.7. The van der Waals surface area contributed by atoms with Crippen molar-refractivity contribution in [1.29, 1.82) is 0 Å². The van der Waals surface area contributed by atoms with Gasteiger partial charge in [-0.1, -0.05) is 94.8 Å². The fourth-order valence-electron chi connectivity index (χ4n) is 3.15. The molecular weight excluding hydrogens is 420 g/mol. The highest BCUT2D eigenvalue weighted by Gasteiger charge is 2.32. The lowest BCUT2D eigenvalue weighted by Gasteiger charge is -2.27. The normalized spacial score (nSPS) is 13.5. The van der Waals surface area contributed by atoms with Crippen LogP contribution in [0, 0.1) is 11.8 Å². The van der Waals surface area contributed by atoms with Crippen molar-refractivity contribution in [2.24, 2.45) is 11.8 Å². The van der Waals surface area contributed by atoms with Crippen LogP contribution in [0.25, 0.3) is 0 Å². The Kier molecular flexibility index (Phi) is 10.4. The van der Waals surface area contributed by atoms with E-state index in [2.05, 4.69) is 10.6 Å². The van der Waals surface area contributed by atoms with E-state index in [9.17, 15) is 14.4 Å². The smallest absolute Gasteiger partial charge is 0.408 e. The summed E-state index contributed by atoms with van der Waals surface area (Å²) in [5.74, 6) is -1.32. The van der Waals surface area contributed by atoms with Crippen LogP contribution in [0.4, 0.5) is 4.79 Å². The molecule has 7 nitrogen and oxygen atoms in total. The van der Waals surface area contributed by atoms with Crippen LogP contribution in [0.5, 0.6) is 0 Å². The predicted molar refractivity (Wildman–Crippen MR) is 126 cm³/mol. The van der Waals surface area contributed by atoms with Gasteiger partial charge in [-0.15, -0.1) is 0 Å². The van der Waals surface area contributed by atoms with Crippen molar-refractivity contribution in [3.05, 3.63) is 71.8 Å². The standard InChI is InChI=1S/C26H34N2O5/c1-5-19(4)23(28-26(31)33-17-21-14-10-7-11-15-21)24(29)27-22(18(2)3)25(30)32-16-20-12-8-6-9-13-20/h6-15,18-19,22-23H,5,16-17H2,1-4H3,(H,27,29)(H,28,31)/t19-,22-,23+/m0/s1. The van der Waals surface area contributed by atoms with Crippen molar-refractivity contribution in [2.45, 2.75) is 59.4 Å². The predicted octanol–water partition coefficient (Wildman–Crippen LogP) is 4.21. The lowest BCUT2D eigenvalue weighted by atomic mass is 9.97. The Morgan fingerprint density at radius 1 is 0.758 bits per heavy atom. The fraction of sp³-hybridized carbons (Fsp3) is 0.423.